The molecule has 0 unspecified atom stereocenters. The smallest absolute Gasteiger partial charge is 0.255 e. The Hall–Kier alpha value is -2.23. The van der Waals surface area contributed by atoms with Crippen LogP contribution >= 0.6 is 0 Å². The minimum absolute atomic E-state index is 0.0870. The molecule has 0 spiro atoms. The van der Waals surface area contributed by atoms with E-state index in [9.17, 15) is 4.79 Å². The van der Waals surface area contributed by atoms with E-state index >= 15 is 0 Å². The number of fused-ring (bicyclic) bond motifs is 1. The SMILES string of the molecule is Cc1occc1C(=O)NCc1ccc2c(c1)CCCN2C. The second-order valence-corrected chi connectivity index (χ2v) is 5.56. The van der Waals surface area contributed by atoms with Crippen molar-refractivity contribution in [3.63, 3.8) is 0 Å². The van der Waals surface area contributed by atoms with Crippen molar-refractivity contribution in [1.82, 2.24) is 5.32 Å². The summed E-state index contributed by atoms with van der Waals surface area (Å²) in [5.74, 6) is 0.565. The van der Waals surface area contributed by atoms with Gasteiger partial charge in [-0.05, 0) is 43.0 Å². The molecule has 0 atom stereocenters. The Kier molecular flexibility index (Phi) is 3.69. The lowest BCUT2D eigenvalue weighted by atomic mass is 9.99. The highest BCUT2D eigenvalue weighted by Crippen LogP contribution is 2.26. The summed E-state index contributed by atoms with van der Waals surface area (Å²) in [4.78, 5) is 14.3. The van der Waals surface area contributed by atoms with Crippen LogP contribution in [0.2, 0.25) is 0 Å². The molecule has 1 aromatic heterocycles. The zero-order valence-corrected chi connectivity index (χ0v) is 12.5. The standard InChI is InChI=1S/C17H20N2O2/c1-12-15(7-9-21-12)17(20)18-11-13-5-6-16-14(10-13)4-3-8-19(16)2/h5-7,9-10H,3-4,8,11H2,1-2H3,(H,18,20). The number of nitrogens with one attached hydrogen (secondary N) is 1. The molecule has 21 heavy (non-hydrogen) atoms. The third kappa shape index (κ3) is 2.79. The first-order valence-corrected chi connectivity index (χ1v) is 7.30. The number of hydrogen-bond acceptors (Lipinski definition) is 3. The average Bonchev–Trinajstić information content (AvgIpc) is 2.91. The van der Waals surface area contributed by atoms with Gasteiger partial charge in [-0.1, -0.05) is 12.1 Å². The lowest BCUT2D eigenvalue weighted by Crippen LogP contribution is -2.25. The molecule has 0 bridgehead atoms. The Labute approximate surface area is 124 Å². The molecule has 4 nitrogen and oxygen atoms in total. The number of carbonyl (C=O) groups is 1. The summed E-state index contributed by atoms with van der Waals surface area (Å²) >= 11 is 0. The molecular weight excluding hydrogens is 264 g/mol. The molecule has 0 saturated heterocycles. The Bertz CT molecular complexity index is 661. The van der Waals surface area contributed by atoms with Crippen molar-refractivity contribution < 1.29 is 9.21 Å². The van der Waals surface area contributed by atoms with Crippen LogP contribution in [0.15, 0.2) is 34.9 Å². The van der Waals surface area contributed by atoms with E-state index in [1.54, 1.807) is 19.3 Å². The summed E-state index contributed by atoms with van der Waals surface area (Å²) in [6.07, 6.45) is 3.84. The van der Waals surface area contributed by atoms with Crippen LogP contribution < -0.4 is 10.2 Å². The van der Waals surface area contributed by atoms with Gasteiger partial charge in [0.2, 0.25) is 0 Å². The second-order valence-electron chi connectivity index (χ2n) is 5.56. The lowest BCUT2D eigenvalue weighted by Gasteiger charge is -2.27. The molecule has 2 aromatic rings. The van der Waals surface area contributed by atoms with Crippen molar-refractivity contribution in [2.45, 2.75) is 26.3 Å². The molecular formula is C17H20N2O2. The summed E-state index contributed by atoms with van der Waals surface area (Å²) in [6.45, 7) is 3.45. The maximum absolute atomic E-state index is 12.1. The summed E-state index contributed by atoms with van der Waals surface area (Å²) in [6, 6.07) is 8.14. The molecule has 1 amide bonds. The highest BCUT2D eigenvalue weighted by atomic mass is 16.3. The topological polar surface area (TPSA) is 45.5 Å². The minimum atomic E-state index is -0.0870. The van der Waals surface area contributed by atoms with Gasteiger partial charge in [0.1, 0.15) is 5.76 Å². The van der Waals surface area contributed by atoms with Crippen LogP contribution in [0.5, 0.6) is 0 Å². The molecule has 1 N–H and O–H groups in total. The molecule has 0 fully saturated rings. The number of rotatable bonds is 3. The third-order valence-electron chi connectivity index (χ3n) is 4.05. The Morgan fingerprint density at radius 1 is 1.38 bits per heavy atom. The van der Waals surface area contributed by atoms with Gasteiger partial charge in [-0.15, -0.1) is 0 Å². The van der Waals surface area contributed by atoms with Crippen LogP contribution in [0, 0.1) is 6.92 Å². The van der Waals surface area contributed by atoms with Gasteiger partial charge in [0.15, 0.2) is 0 Å². The quantitative estimate of drug-likeness (QED) is 0.942. The maximum Gasteiger partial charge on any atom is 0.255 e. The highest BCUT2D eigenvalue weighted by Gasteiger charge is 2.14. The summed E-state index contributed by atoms with van der Waals surface area (Å²) in [5, 5.41) is 2.95. The van der Waals surface area contributed by atoms with Gasteiger partial charge < -0.3 is 14.6 Å². The molecule has 110 valence electrons. The van der Waals surface area contributed by atoms with Gasteiger partial charge in [0, 0.05) is 25.8 Å². The fourth-order valence-corrected chi connectivity index (χ4v) is 2.85. The molecule has 3 rings (SSSR count). The molecule has 4 heteroatoms. The second kappa shape index (κ2) is 5.64. The molecule has 1 aromatic carbocycles. The van der Waals surface area contributed by atoms with Crippen LogP contribution in [-0.2, 0) is 13.0 Å². The van der Waals surface area contributed by atoms with Crippen molar-refractivity contribution in [2.75, 3.05) is 18.5 Å². The molecule has 2 heterocycles. The normalized spacial score (nSPS) is 13.9. The highest BCUT2D eigenvalue weighted by molar-refractivity contribution is 5.94. The number of anilines is 1. The van der Waals surface area contributed by atoms with E-state index in [1.165, 1.54) is 17.7 Å². The number of furan rings is 1. The van der Waals surface area contributed by atoms with Crippen LogP contribution in [0.25, 0.3) is 0 Å². The van der Waals surface area contributed by atoms with Gasteiger partial charge in [-0.3, -0.25) is 4.79 Å². The first kappa shape index (κ1) is 13.7. The van der Waals surface area contributed by atoms with Crippen molar-refractivity contribution in [2.24, 2.45) is 0 Å². The molecule has 1 aliphatic heterocycles. The maximum atomic E-state index is 12.1. The van der Waals surface area contributed by atoms with Crippen molar-refractivity contribution in [3.05, 3.63) is 53.0 Å². The van der Waals surface area contributed by atoms with Crippen molar-refractivity contribution >= 4 is 11.6 Å². The van der Waals surface area contributed by atoms with E-state index in [2.05, 4.69) is 35.5 Å². The van der Waals surface area contributed by atoms with E-state index in [4.69, 9.17) is 4.42 Å². The van der Waals surface area contributed by atoms with Crippen LogP contribution in [0.1, 0.15) is 33.7 Å². The van der Waals surface area contributed by atoms with Crippen molar-refractivity contribution in [3.8, 4) is 0 Å². The largest absolute Gasteiger partial charge is 0.469 e. The number of carbonyl (C=O) groups excluding carboxylic acids is 1. The Morgan fingerprint density at radius 2 is 2.24 bits per heavy atom. The number of hydrogen-bond donors (Lipinski definition) is 1. The van der Waals surface area contributed by atoms with Crippen LogP contribution in [0.3, 0.4) is 0 Å². The van der Waals surface area contributed by atoms with Gasteiger partial charge in [0.25, 0.3) is 5.91 Å². The minimum Gasteiger partial charge on any atom is -0.469 e. The van der Waals surface area contributed by atoms with Crippen LogP contribution in [0.4, 0.5) is 5.69 Å². The van der Waals surface area contributed by atoms with E-state index < -0.39 is 0 Å². The summed E-state index contributed by atoms with van der Waals surface area (Å²) < 4.78 is 5.16. The lowest BCUT2D eigenvalue weighted by molar-refractivity contribution is 0.0949. The molecule has 1 aliphatic rings. The predicted octanol–water partition coefficient (Wildman–Crippen LogP) is 2.90. The Balaban J connectivity index is 1.69. The van der Waals surface area contributed by atoms with E-state index in [0.29, 0.717) is 17.9 Å². The number of benzene rings is 1. The third-order valence-corrected chi connectivity index (χ3v) is 4.05. The van der Waals surface area contributed by atoms with E-state index in [1.807, 2.05) is 0 Å². The zero-order valence-electron chi connectivity index (χ0n) is 12.5. The van der Waals surface area contributed by atoms with Gasteiger partial charge in [0.05, 0.1) is 11.8 Å². The molecule has 0 aliphatic carbocycles. The first-order chi connectivity index (χ1) is 10.1. The first-order valence-electron chi connectivity index (χ1n) is 7.30. The average molecular weight is 284 g/mol. The van der Waals surface area contributed by atoms with E-state index in [0.717, 1.165) is 18.5 Å². The zero-order chi connectivity index (χ0) is 14.8. The number of amides is 1. The van der Waals surface area contributed by atoms with Gasteiger partial charge in [-0.25, -0.2) is 0 Å². The fraction of sp³-hybridized carbons (Fsp3) is 0.353. The monoisotopic (exact) mass is 284 g/mol. The fourth-order valence-electron chi connectivity index (χ4n) is 2.85. The van der Waals surface area contributed by atoms with Crippen molar-refractivity contribution in [1.29, 1.82) is 0 Å². The van der Waals surface area contributed by atoms with E-state index in [-0.39, 0.29) is 5.91 Å². The Morgan fingerprint density at radius 3 is 3.00 bits per heavy atom. The predicted molar refractivity (Wildman–Crippen MR) is 82.6 cm³/mol. The number of nitrogens with zero attached hydrogens (tertiary/aromatic N) is 1. The van der Waals surface area contributed by atoms with Gasteiger partial charge in [-0.2, -0.15) is 0 Å². The van der Waals surface area contributed by atoms with Gasteiger partial charge >= 0.3 is 0 Å². The number of aryl methyl sites for hydroxylation is 2. The summed E-state index contributed by atoms with van der Waals surface area (Å²) in [7, 11) is 2.13. The van der Waals surface area contributed by atoms with Crippen LogP contribution in [-0.4, -0.2) is 19.5 Å². The summed E-state index contributed by atoms with van der Waals surface area (Å²) in [5.41, 5.74) is 4.42. The molecule has 0 radical (unpaired) electrons. The molecule has 0 saturated carbocycles.